The summed E-state index contributed by atoms with van der Waals surface area (Å²) >= 11 is 0. The van der Waals surface area contributed by atoms with Gasteiger partial charge in [-0.05, 0) is 26.7 Å². The van der Waals surface area contributed by atoms with Crippen molar-refractivity contribution in [3.8, 4) is 0 Å². The van der Waals surface area contributed by atoms with Gasteiger partial charge >= 0.3 is 0 Å². The summed E-state index contributed by atoms with van der Waals surface area (Å²) in [6, 6.07) is 0. The highest BCUT2D eigenvalue weighted by Gasteiger charge is 2.42. The fourth-order valence-corrected chi connectivity index (χ4v) is 1.61. The first-order valence-electron chi connectivity index (χ1n) is 5.78. The minimum atomic E-state index is -1.19. The van der Waals surface area contributed by atoms with E-state index in [2.05, 4.69) is 10.5 Å². The average molecular weight is 258 g/mol. The molecule has 6 N–H and O–H groups in total. The predicted octanol–water partition coefficient (Wildman–Crippen LogP) is -0.0807. The lowest BCUT2D eigenvalue weighted by Gasteiger charge is -2.33. The molecule has 0 heterocycles. The molecule has 0 saturated carbocycles. The van der Waals surface area contributed by atoms with Crippen LogP contribution >= 0.6 is 0 Å². The van der Waals surface area contributed by atoms with Crippen molar-refractivity contribution in [2.75, 3.05) is 0 Å². The molecular formula is C11H22N4O3. The molecule has 0 aromatic rings. The Kier molecular flexibility index (Phi) is 5.13. The first-order chi connectivity index (χ1) is 8.17. The fraction of sp³-hybridized carbons (Fsp3) is 0.727. The van der Waals surface area contributed by atoms with Gasteiger partial charge in [0.1, 0.15) is 11.0 Å². The third-order valence-corrected chi connectivity index (χ3v) is 3.28. The molecule has 7 nitrogen and oxygen atoms in total. The van der Waals surface area contributed by atoms with Crippen LogP contribution in [0.25, 0.3) is 0 Å². The van der Waals surface area contributed by atoms with Gasteiger partial charge in [-0.3, -0.25) is 9.59 Å². The largest absolute Gasteiger partial charge is 0.409 e. The molecule has 7 heteroatoms. The van der Waals surface area contributed by atoms with Crippen molar-refractivity contribution in [1.29, 1.82) is 0 Å². The second kappa shape index (κ2) is 5.70. The molecule has 104 valence electrons. The quantitative estimate of drug-likeness (QED) is 0.229. The lowest BCUT2D eigenvalue weighted by molar-refractivity contribution is -0.134. The zero-order chi connectivity index (χ0) is 14.6. The van der Waals surface area contributed by atoms with E-state index in [1.54, 1.807) is 13.8 Å². The molecule has 18 heavy (non-hydrogen) atoms. The van der Waals surface area contributed by atoms with E-state index in [-0.39, 0.29) is 5.84 Å². The van der Waals surface area contributed by atoms with Crippen LogP contribution < -0.4 is 16.8 Å². The summed E-state index contributed by atoms with van der Waals surface area (Å²) in [4.78, 5) is 23.5. The average Bonchev–Trinajstić information content (AvgIpc) is 2.30. The van der Waals surface area contributed by atoms with Crippen LogP contribution in [-0.2, 0) is 9.59 Å². The third-order valence-electron chi connectivity index (χ3n) is 3.28. The van der Waals surface area contributed by atoms with Crippen LogP contribution in [0.3, 0.4) is 0 Å². The molecule has 2 amide bonds. The van der Waals surface area contributed by atoms with Crippen LogP contribution in [0.2, 0.25) is 0 Å². The number of carbonyl (C=O) groups is 2. The van der Waals surface area contributed by atoms with Gasteiger partial charge in [0.25, 0.3) is 0 Å². The number of nitrogens with one attached hydrogen (secondary N) is 1. The van der Waals surface area contributed by atoms with E-state index in [1.807, 2.05) is 0 Å². The Morgan fingerprint density at radius 1 is 1.22 bits per heavy atom. The van der Waals surface area contributed by atoms with Crippen molar-refractivity contribution in [3.05, 3.63) is 0 Å². The number of amidine groups is 1. The number of nitrogens with zero attached hydrogens (tertiary/aromatic N) is 1. The highest BCUT2D eigenvalue weighted by atomic mass is 16.4. The van der Waals surface area contributed by atoms with E-state index in [4.69, 9.17) is 16.7 Å². The Morgan fingerprint density at radius 3 is 1.94 bits per heavy atom. The van der Waals surface area contributed by atoms with Crippen molar-refractivity contribution in [3.63, 3.8) is 0 Å². The molecule has 0 saturated heterocycles. The van der Waals surface area contributed by atoms with E-state index in [0.29, 0.717) is 12.8 Å². The molecule has 0 atom stereocenters. The van der Waals surface area contributed by atoms with Gasteiger partial charge < -0.3 is 22.0 Å². The van der Waals surface area contributed by atoms with Gasteiger partial charge in [0.15, 0.2) is 5.84 Å². The standard InChI is InChI=1S/C11H22N4O3/c1-5-11(6-2,7(12)15-18)9(17)14-10(3,4)8(13)16/h18H,5-6H2,1-4H3,(H2,12,15)(H2,13,16)(H,14,17). The van der Waals surface area contributed by atoms with E-state index in [9.17, 15) is 9.59 Å². The summed E-state index contributed by atoms with van der Waals surface area (Å²) in [5, 5.41) is 14.2. The number of amides is 2. The zero-order valence-corrected chi connectivity index (χ0v) is 11.3. The van der Waals surface area contributed by atoms with Crippen molar-refractivity contribution >= 4 is 17.6 Å². The number of oxime groups is 1. The van der Waals surface area contributed by atoms with Gasteiger partial charge in [0.05, 0.1) is 0 Å². The van der Waals surface area contributed by atoms with Gasteiger partial charge in [-0.1, -0.05) is 19.0 Å². The Bertz CT molecular complexity index is 359. The van der Waals surface area contributed by atoms with Gasteiger partial charge in [0.2, 0.25) is 11.8 Å². The summed E-state index contributed by atoms with van der Waals surface area (Å²) < 4.78 is 0. The van der Waals surface area contributed by atoms with Crippen LogP contribution in [0.1, 0.15) is 40.5 Å². The summed E-state index contributed by atoms with van der Waals surface area (Å²) in [5.41, 5.74) is 8.45. The highest BCUT2D eigenvalue weighted by Crippen LogP contribution is 2.27. The molecule has 0 aliphatic carbocycles. The number of hydrogen-bond acceptors (Lipinski definition) is 4. The second-order valence-electron chi connectivity index (χ2n) is 4.72. The Balaban J connectivity index is 5.31. The summed E-state index contributed by atoms with van der Waals surface area (Å²) in [6.07, 6.45) is 0.695. The summed E-state index contributed by atoms with van der Waals surface area (Å²) in [5.74, 6) is -1.31. The van der Waals surface area contributed by atoms with E-state index < -0.39 is 22.8 Å². The molecule has 0 unspecified atom stereocenters. The molecule has 0 spiro atoms. The third kappa shape index (κ3) is 2.91. The van der Waals surface area contributed by atoms with E-state index in [0.717, 1.165) is 0 Å². The smallest absolute Gasteiger partial charge is 0.242 e. The van der Waals surface area contributed by atoms with Gasteiger partial charge in [0, 0.05) is 0 Å². The summed E-state index contributed by atoms with van der Waals surface area (Å²) in [6.45, 7) is 6.49. The summed E-state index contributed by atoms with van der Waals surface area (Å²) in [7, 11) is 0. The number of hydrogen-bond donors (Lipinski definition) is 4. The number of nitrogens with two attached hydrogens (primary N) is 2. The van der Waals surface area contributed by atoms with Gasteiger partial charge in [-0.2, -0.15) is 0 Å². The van der Waals surface area contributed by atoms with Crippen molar-refractivity contribution in [2.45, 2.75) is 46.1 Å². The minimum absolute atomic E-state index is 0.176. The van der Waals surface area contributed by atoms with Crippen LogP contribution in [0.5, 0.6) is 0 Å². The van der Waals surface area contributed by atoms with Crippen molar-refractivity contribution < 1.29 is 14.8 Å². The van der Waals surface area contributed by atoms with Crippen LogP contribution in [0.15, 0.2) is 5.16 Å². The topological polar surface area (TPSA) is 131 Å². The highest BCUT2D eigenvalue weighted by molar-refractivity contribution is 6.08. The predicted molar refractivity (Wildman–Crippen MR) is 67.8 cm³/mol. The van der Waals surface area contributed by atoms with Gasteiger partial charge in [-0.15, -0.1) is 0 Å². The fourth-order valence-electron chi connectivity index (χ4n) is 1.61. The second-order valence-corrected chi connectivity index (χ2v) is 4.72. The molecule has 0 aromatic carbocycles. The minimum Gasteiger partial charge on any atom is -0.409 e. The first-order valence-corrected chi connectivity index (χ1v) is 5.78. The normalized spacial score (nSPS) is 13.2. The zero-order valence-electron chi connectivity index (χ0n) is 11.3. The first kappa shape index (κ1) is 16.2. The lowest BCUT2D eigenvalue weighted by Crippen LogP contribution is -2.59. The molecule has 0 aliphatic heterocycles. The SMILES string of the molecule is CCC(CC)(C(=O)NC(C)(C)C(N)=O)C(N)=NO. The number of rotatable bonds is 6. The van der Waals surface area contributed by atoms with Crippen LogP contribution in [0, 0.1) is 5.41 Å². The van der Waals surface area contributed by atoms with E-state index in [1.165, 1.54) is 13.8 Å². The van der Waals surface area contributed by atoms with Crippen LogP contribution in [0.4, 0.5) is 0 Å². The van der Waals surface area contributed by atoms with Crippen molar-refractivity contribution in [2.24, 2.45) is 22.0 Å². The molecule has 0 aromatic heterocycles. The lowest BCUT2D eigenvalue weighted by atomic mass is 9.79. The Morgan fingerprint density at radius 2 is 1.67 bits per heavy atom. The van der Waals surface area contributed by atoms with Crippen molar-refractivity contribution in [1.82, 2.24) is 5.32 Å². The number of carbonyl (C=O) groups excluding carboxylic acids is 2. The maximum Gasteiger partial charge on any atom is 0.242 e. The molecular weight excluding hydrogens is 236 g/mol. The Labute approximate surface area is 107 Å². The molecule has 0 radical (unpaired) electrons. The monoisotopic (exact) mass is 258 g/mol. The number of primary amides is 1. The van der Waals surface area contributed by atoms with Crippen LogP contribution in [-0.4, -0.2) is 28.4 Å². The molecule has 0 fully saturated rings. The Hall–Kier alpha value is -1.79. The molecule has 0 rings (SSSR count). The van der Waals surface area contributed by atoms with Gasteiger partial charge in [-0.25, -0.2) is 0 Å². The maximum absolute atomic E-state index is 12.3. The maximum atomic E-state index is 12.3. The van der Waals surface area contributed by atoms with E-state index >= 15 is 0 Å². The molecule has 0 aliphatic rings. The molecule has 0 bridgehead atoms.